The smallest absolute Gasteiger partial charge is 0.321 e. The quantitative estimate of drug-likeness (QED) is 0.667. The third kappa shape index (κ3) is 1.62. The number of nitrogens with zero attached hydrogens (tertiary/aromatic N) is 1. The first-order valence-corrected chi connectivity index (χ1v) is 3.63. The van der Waals surface area contributed by atoms with Crippen LogP contribution >= 0.6 is 11.3 Å². The normalized spacial score (nSPS) is 12.4. The lowest BCUT2D eigenvalue weighted by atomic mass is 10.2. The molecule has 1 aromatic heterocycles. The summed E-state index contributed by atoms with van der Waals surface area (Å²) in [6.07, 6.45) is 2.85. The van der Waals surface area contributed by atoms with Crippen LogP contribution in [0.3, 0.4) is 0 Å². The lowest BCUT2D eigenvalue weighted by Crippen LogP contribution is -2.12. The largest absolute Gasteiger partial charge is 0.480 e. The molecular formula is C6H4NO3S. The number of thiazole rings is 1. The number of carbonyl (C=O) groups excluding carboxylic acids is 1. The fourth-order valence-electron chi connectivity index (χ4n) is 0.583. The van der Waals surface area contributed by atoms with E-state index in [0.717, 1.165) is 11.3 Å². The zero-order valence-corrected chi connectivity index (χ0v) is 6.17. The maximum Gasteiger partial charge on any atom is 0.321 e. The van der Waals surface area contributed by atoms with Crippen molar-refractivity contribution in [1.29, 1.82) is 0 Å². The molecule has 0 spiro atoms. The Kier molecular flexibility index (Phi) is 2.32. The molecule has 1 heterocycles. The van der Waals surface area contributed by atoms with Crippen molar-refractivity contribution in [3.63, 3.8) is 0 Å². The van der Waals surface area contributed by atoms with Gasteiger partial charge in [0.2, 0.25) is 6.29 Å². The van der Waals surface area contributed by atoms with E-state index < -0.39 is 11.9 Å². The molecule has 0 saturated carbocycles. The summed E-state index contributed by atoms with van der Waals surface area (Å²) in [6.45, 7) is 0. The van der Waals surface area contributed by atoms with Gasteiger partial charge in [-0.3, -0.25) is 9.59 Å². The zero-order chi connectivity index (χ0) is 8.27. The predicted molar refractivity (Wildman–Crippen MR) is 38.2 cm³/mol. The second-order valence-electron chi connectivity index (χ2n) is 1.76. The minimum Gasteiger partial charge on any atom is -0.480 e. The fraction of sp³-hybridized carbons (Fsp3) is 0.167. The van der Waals surface area contributed by atoms with E-state index in [9.17, 15) is 9.59 Å². The second kappa shape index (κ2) is 3.25. The van der Waals surface area contributed by atoms with Crippen LogP contribution in [0.15, 0.2) is 11.6 Å². The zero-order valence-electron chi connectivity index (χ0n) is 5.35. The summed E-state index contributed by atoms with van der Waals surface area (Å²) < 4.78 is 0. The summed E-state index contributed by atoms with van der Waals surface area (Å²) >= 11 is 1.13. The minimum absolute atomic E-state index is 0.271. The first-order valence-electron chi connectivity index (χ1n) is 2.75. The van der Waals surface area contributed by atoms with Crippen molar-refractivity contribution in [3.8, 4) is 0 Å². The lowest BCUT2D eigenvalue weighted by molar-refractivity contribution is -0.137. The molecule has 57 valence electrons. The molecule has 1 N–H and O–H groups in total. The van der Waals surface area contributed by atoms with E-state index in [1.165, 1.54) is 12.5 Å². The van der Waals surface area contributed by atoms with E-state index in [1.54, 1.807) is 5.38 Å². The van der Waals surface area contributed by atoms with E-state index in [0.29, 0.717) is 0 Å². The third-order valence-electron chi connectivity index (χ3n) is 1.06. The van der Waals surface area contributed by atoms with Crippen molar-refractivity contribution >= 4 is 23.6 Å². The van der Waals surface area contributed by atoms with Gasteiger partial charge in [0.25, 0.3) is 0 Å². The number of hydrogen-bond acceptors (Lipinski definition) is 4. The van der Waals surface area contributed by atoms with E-state index in [2.05, 4.69) is 4.98 Å². The molecule has 0 fully saturated rings. The van der Waals surface area contributed by atoms with Crippen LogP contribution in [-0.4, -0.2) is 22.3 Å². The Hall–Kier alpha value is -1.23. The van der Waals surface area contributed by atoms with Gasteiger partial charge < -0.3 is 5.11 Å². The maximum atomic E-state index is 10.3. The van der Waals surface area contributed by atoms with Gasteiger partial charge in [-0.2, -0.15) is 0 Å². The molecule has 5 heteroatoms. The minimum atomic E-state index is -1.23. The van der Waals surface area contributed by atoms with Crippen LogP contribution < -0.4 is 0 Å². The highest BCUT2D eigenvalue weighted by Gasteiger charge is 2.21. The first-order chi connectivity index (χ1) is 5.25. The number of carboxylic acids is 1. The van der Waals surface area contributed by atoms with Gasteiger partial charge in [0.1, 0.15) is 5.01 Å². The second-order valence-corrected chi connectivity index (χ2v) is 2.69. The molecule has 0 aliphatic carbocycles. The molecule has 4 nitrogen and oxygen atoms in total. The molecule has 1 radical (unpaired) electrons. The van der Waals surface area contributed by atoms with Crippen molar-refractivity contribution in [2.75, 3.05) is 0 Å². The van der Waals surface area contributed by atoms with Crippen LogP contribution in [0.4, 0.5) is 0 Å². The summed E-state index contributed by atoms with van der Waals surface area (Å²) in [5, 5.41) is 10.3. The van der Waals surface area contributed by atoms with Crippen LogP contribution in [0.5, 0.6) is 0 Å². The van der Waals surface area contributed by atoms with Crippen LogP contribution in [0.25, 0.3) is 0 Å². The number of aromatic nitrogens is 1. The molecule has 0 aromatic carbocycles. The van der Waals surface area contributed by atoms with Crippen LogP contribution in [0, 0.1) is 0 Å². The van der Waals surface area contributed by atoms with Gasteiger partial charge in [-0.25, -0.2) is 4.98 Å². The SMILES string of the molecule is O=[C]C(C(=O)O)c1nccs1. The van der Waals surface area contributed by atoms with E-state index in [4.69, 9.17) is 5.11 Å². The van der Waals surface area contributed by atoms with Gasteiger partial charge in [-0.1, -0.05) is 0 Å². The fourth-order valence-corrected chi connectivity index (χ4v) is 1.25. The standard InChI is InChI=1S/C6H4NO3S/c8-3-4(6(9)10)5-7-1-2-11-5/h1-2,4H,(H,9,10). The van der Waals surface area contributed by atoms with Crippen molar-refractivity contribution < 1.29 is 14.7 Å². The predicted octanol–water partition coefficient (Wildman–Crippen LogP) is 0.421. The Morgan fingerprint density at radius 2 is 2.55 bits per heavy atom. The number of carbonyl (C=O) groups is 1. The topological polar surface area (TPSA) is 67.3 Å². The van der Waals surface area contributed by atoms with Crippen molar-refractivity contribution in [2.24, 2.45) is 0 Å². The highest BCUT2D eigenvalue weighted by atomic mass is 32.1. The molecule has 0 aliphatic rings. The van der Waals surface area contributed by atoms with E-state index >= 15 is 0 Å². The molecular weight excluding hydrogens is 166 g/mol. The number of rotatable bonds is 3. The highest BCUT2D eigenvalue weighted by Crippen LogP contribution is 2.15. The molecule has 1 unspecified atom stereocenters. The Morgan fingerprint density at radius 3 is 2.91 bits per heavy atom. The van der Waals surface area contributed by atoms with Crippen LogP contribution in [-0.2, 0) is 9.59 Å². The monoisotopic (exact) mass is 170 g/mol. The first kappa shape index (κ1) is 7.87. The van der Waals surface area contributed by atoms with Gasteiger partial charge in [-0.05, 0) is 0 Å². The lowest BCUT2D eigenvalue weighted by Gasteiger charge is -1.96. The summed E-state index contributed by atoms with van der Waals surface area (Å²) in [5.41, 5.74) is 0. The van der Waals surface area contributed by atoms with E-state index in [-0.39, 0.29) is 5.01 Å². The summed E-state index contributed by atoms with van der Waals surface area (Å²) in [5.74, 6) is -2.44. The van der Waals surface area contributed by atoms with Crippen LogP contribution in [0.2, 0.25) is 0 Å². The summed E-state index contributed by atoms with van der Waals surface area (Å²) in [6, 6.07) is 0. The Balaban J connectivity index is 2.88. The van der Waals surface area contributed by atoms with Gasteiger partial charge in [0, 0.05) is 11.6 Å². The molecule has 0 amide bonds. The molecule has 0 bridgehead atoms. The average Bonchev–Trinajstić information content (AvgIpc) is 2.40. The summed E-state index contributed by atoms with van der Waals surface area (Å²) in [4.78, 5) is 24.1. The summed E-state index contributed by atoms with van der Waals surface area (Å²) in [7, 11) is 0. The Labute approximate surface area is 66.5 Å². The number of aliphatic carboxylic acids is 1. The third-order valence-corrected chi connectivity index (χ3v) is 1.90. The van der Waals surface area contributed by atoms with E-state index in [1.807, 2.05) is 0 Å². The van der Waals surface area contributed by atoms with Gasteiger partial charge >= 0.3 is 5.97 Å². The van der Waals surface area contributed by atoms with Crippen LogP contribution in [0.1, 0.15) is 10.9 Å². The van der Waals surface area contributed by atoms with Crippen molar-refractivity contribution in [2.45, 2.75) is 5.92 Å². The van der Waals surface area contributed by atoms with Crippen molar-refractivity contribution in [3.05, 3.63) is 16.6 Å². The molecule has 1 aromatic rings. The molecule has 1 atom stereocenters. The van der Waals surface area contributed by atoms with Gasteiger partial charge in [0.05, 0.1) is 0 Å². The molecule has 0 aliphatic heterocycles. The highest BCUT2D eigenvalue weighted by molar-refractivity contribution is 7.09. The van der Waals surface area contributed by atoms with Gasteiger partial charge in [0.15, 0.2) is 5.92 Å². The Bertz CT molecular complexity index is 257. The number of hydrogen-bond donors (Lipinski definition) is 1. The molecule has 1 rings (SSSR count). The molecule has 0 saturated heterocycles. The van der Waals surface area contributed by atoms with Gasteiger partial charge in [-0.15, -0.1) is 11.3 Å². The maximum absolute atomic E-state index is 10.3. The van der Waals surface area contributed by atoms with Crippen molar-refractivity contribution in [1.82, 2.24) is 4.98 Å². The average molecular weight is 170 g/mol. The number of carboxylic acid groups (broad SMARTS) is 1. The molecule has 11 heavy (non-hydrogen) atoms. The Morgan fingerprint density at radius 1 is 1.82 bits per heavy atom.